The number of carbonyl (C=O) groups is 2. The quantitative estimate of drug-likeness (QED) is 0.596. The van der Waals surface area contributed by atoms with Crippen LogP contribution in [0, 0.1) is 5.92 Å². The number of hydroxylamine groups is 2. The first-order valence-electron chi connectivity index (χ1n) is 4.69. The van der Waals surface area contributed by atoms with E-state index in [9.17, 15) is 9.59 Å². The first-order chi connectivity index (χ1) is 6.60. The maximum absolute atomic E-state index is 11.6. The summed E-state index contributed by atoms with van der Waals surface area (Å²) in [7, 11) is 2.99. The highest BCUT2D eigenvalue weighted by Crippen LogP contribution is 2.19. The predicted molar refractivity (Wildman–Crippen MR) is 50.1 cm³/mol. The Labute approximate surface area is 83.6 Å². The van der Waals surface area contributed by atoms with Gasteiger partial charge in [-0.2, -0.15) is 0 Å². The molecule has 1 aliphatic heterocycles. The smallest absolute Gasteiger partial charge is 0.251 e. The summed E-state index contributed by atoms with van der Waals surface area (Å²) < 4.78 is 0. The van der Waals surface area contributed by atoms with E-state index in [0.29, 0.717) is 19.5 Å². The molecule has 0 saturated carbocycles. The van der Waals surface area contributed by atoms with Gasteiger partial charge in [0, 0.05) is 26.6 Å². The van der Waals surface area contributed by atoms with Gasteiger partial charge in [0.25, 0.3) is 5.91 Å². The molecule has 1 saturated heterocycles. The van der Waals surface area contributed by atoms with Gasteiger partial charge in [0.15, 0.2) is 0 Å². The van der Waals surface area contributed by atoms with Crippen molar-refractivity contribution in [1.82, 2.24) is 9.96 Å². The van der Waals surface area contributed by atoms with Gasteiger partial charge in [0.05, 0.1) is 13.0 Å². The Balaban J connectivity index is 2.57. The molecule has 1 fully saturated rings. The second-order valence-corrected chi connectivity index (χ2v) is 3.35. The molecule has 0 bridgehead atoms. The number of amides is 2. The van der Waals surface area contributed by atoms with Gasteiger partial charge < -0.3 is 4.90 Å². The van der Waals surface area contributed by atoms with Crippen LogP contribution in [-0.2, 0) is 14.4 Å². The first kappa shape index (κ1) is 11.0. The highest BCUT2D eigenvalue weighted by molar-refractivity contribution is 5.88. The first-order valence-corrected chi connectivity index (χ1v) is 4.69. The molecule has 2 amide bonds. The third kappa shape index (κ3) is 2.04. The van der Waals surface area contributed by atoms with Crippen molar-refractivity contribution in [1.29, 1.82) is 0 Å². The zero-order chi connectivity index (χ0) is 10.7. The zero-order valence-corrected chi connectivity index (χ0v) is 8.82. The highest BCUT2D eigenvalue weighted by Gasteiger charge is 2.34. The fraction of sp³-hybridized carbons (Fsp3) is 0.778. The minimum absolute atomic E-state index is 0.0513. The van der Waals surface area contributed by atoms with Gasteiger partial charge in [0.1, 0.15) is 0 Å². The van der Waals surface area contributed by atoms with Gasteiger partial charge in [0.2, 0.25) is 5.91 Å². The lowest BCUT2D eigenvalue weighted by Gasteiger charge is -2.18. The van der Waals surface area contributed by atoms with Gasteiger partial charge >= 0.3 is 0 Å². The van der Waals surface area contributed by atoms with Crippen molar-refractivity contribution in [2.75, 3.05) is 27.2 Å². The SMILES string of the molecule is CCN1CC(C(=O)N(C)OC)CC1=O. The molecular formula is C9H16N2O3. The van der Waals surface area contributed by atoms with Crippen molar-refractivity contribution in [2.24, 2.45) is 5.92 Å². The average Bonchev–Trinajstić information content (AvgIpc) is 2.57. The molecule has 5 nitrogen and oxygen atoms in total. The van der Waals surface area contributed by atoms with E-state index in [1.807, 2.05) is 6.92 Å². The molecule has 0 aromatic heterocycles. The summed E-state index contributed by atoms with van der Waals surface area (Å²) in [5.74, 6) is -0.320. The second kappa shape index (κ2) is 4.41. The van der Waals surface area contributed by atoms with E-state index < -0.39 is 0 Å². The number of hydrogen-bond donors (Lipinski definition) is 0. The molecule has 5 heteroatoms. The third-order valence-corrected chi connectivity index (χ3v) is 2.53. The van der Waals surface area contributed by atoms with Crippen LogP contribution < -0.4 is 0 Å². The number of nitrogens with zero attached hydrogens (tertiary/aromatic N) is 2. The largest absolute Gasteiger partial charge is 0.342 e. The number of rotatable bonds is 3. The Morgan fingerprint density at radius 1 is 1.71 bits per heavy atom. The molecular weight excluding hydrogens is 184 g/mol. The molecule has 0 aromatic carbocycles. The summed E-state index contributed by atoms with van der Waals surface area (Å²) in [4.78, 5) is 29.4. The average molecular weight is 200 g/mol. The molecule has 0 spiro atoms. The van der Waals surface area contributed by atoms with Crippen LogP contribution in [0.4, 0.5) is 0 Å². The van der Waals surface area contributed by atoms with Crippen LogP contribution in [0.25, 0.3) is 0 Å². The minimum atomic E-state index is -0.243. The Hall–Kier alpha value is -1.10. The van der Waals surface area contributed by atoms with E-state index >= 15 is 0 Å². The van der Waals surface area contributed by atoms with Crippen LogP contribution in [0.1, 0.15) is 13.3 Å². The van der Waals surface area contributed by atoms with Gasteiger partial charge in [-0.15, -0.1) is 0 Å². The lowest BCUT2D eigenvalue weighted by Crippen LogP contribution is -2.33. The normalized spacial score (nSPS) is 21.5. The van der Waals surface area contributed by atoms with Crippen molar-refractivity contribution >= 4 is 11.8 Å². The minimum Gasteiger partial charge on any atom is -0.342 e. The number of likely N-dealkylation sites (tertiary alicyclic amines) is 1. The predicted octanol–water partition coefficient (Wildman–Crippen LogP) is -0.125. The molecule has 0 radical (unpaired) electrons. The molecule has 80 valence electrons. The van der Waals surface area contributed by atoms with Gasteiger partial charge in [-0.1, -0.05) is 0 Å². The Kier molecular flexibility index (Phi) is 3.46. The summed E-state index contributed by atoms with van der Waals surface area (Å²) in [6.07, 6.45) is 0.306. The maximum atomic E-state index is 11.6. The van der Waals surface area contributed by atoms with Crippen molar-refractivity contribution in [2.45, 2.75) is 13.3 Å². The molecule has 1 aliphatic rings. The van der Waals surface area contributed by atoms with E-state index in [0.717, 1.165) is 0 Å². The van der Waals surface area contributed by atoms with Crippen LogP contribution in [0.5, 0.6) is 0 Å². The number of hydrogen-bond acceptors (Lipinski definition) is 3. The van der Waals surface area contributed by atoms with Crippen LogP contribution in [-0.4, -0.2) is 49.0 Å². The Morgan fingerprint density at radius 3 is 2.79 bits per heavy atom. The van der Waals surface area contributed by atoms with Crippen LogP contribution in [0.3, 0.4) is 0 Å². The van der Waals surface area contributed by atoms with Crippen LogP contribution >= 0.6 is 0 Å². The lowest BCUT2D eigenvalue weighted by molar-refractivity contribution is -0.173. The molecule has 14 heavy (non-hydrogen) atoms. The monoisotopic (exact) mass is 200 g/mol. The van der Waals surface area contributed by atoms with E-state index in [1.165, 1.54) is 12.2 Å². The second-order valence-electron chi connectivity index (χ2n) is 3.35. The van der Waals surface area contributed by atoms with Crippen LogP contribution in [0.2, 0.25) is 0 Å². The van der Waals surface area contributed by atoms with Crippen LogP contribution in [0.15, 0.2) is 0 Å². The van der Waals surface area contributed by atoms with Crippen molar-refractivity contribution in [3.05, 3.63) is 0 Å². The highest BCUT2D eigenvalue weighted by atomic mass is 16.7. The topological polar surface area (TPSA) is 49.9 Å². The summed E-state index contributed by atoms with van der Waals surface area (Å²) >= 11 is 0. The summed E-state index contributed by atoms with van der Waals surface area (Å²) in [6, 6.07) is 0. The molecule has 0 aliphatic carbocycles. The summed E-state index contributed by atoms with van der Waals surface area (Å²) in [6.45, 7) is 3.09. The van der Waals surface area contributed by atoms with E-state index in [1.54, 1.807) is 11.9 Å². The van der Waals surface area contributed by atoms with E-state index in [-0.39, 0.29) is 17.7 Å². The molecule has 1 unspecified atom stereocenters. The third-order valence-electron chi connectivity index (χ3n) is 2.53. The lowest BCUT2D eigenvalue weighted by atomic mass is 10.1. The molecule has 0 aromatic rings. The molecule has 1 rings (SSSR count). The van der Waals surface area contributed by atoms with Gasteiger partial charge in [-0.3, -0.25) is 14.4 Å². The number of carbonyl (C=O) groups excluding carboxylic acids is 2. The summed E-state index contributed by atoms with van der Waals surface area (Å²) in [5, 5.41) is 1.18. The fourth-order valence-electron chi connectivity index (χ4n) is 1.59. The fourth-order valence-corrected chi connectivity index (χ4v) is 1.59. The molecule has 1 heterocycles. The molecule has 1 atom stereocenters. The van der Waals surface area contributed by atoms with Crippen molar-refractivity contribution in [3.8, 4) is 0 Å². The molecule has 0 N–H and O–H groups in total. The van der Waals surface area contributed by atoms with E-state index in [4.69, 9.17) is 4.84 Å². The van der Waals surface area contributed by atoms with Gasteiger partial charge in [-0.05, 0) is 6.92 Å². The van der Waals surface area contributed by atoms with Crippen molar-refractivity contribution in [3.63, 3.8) is 0 Å². The van der Waals surface area contributed by atoms with Gasteiger partial charge in [-0.25, -0.2) is 5.06 Å². The van der Waals surface area contributed by atoms with E-state index in [2.05, 4.69) is 0 Å². The summed E-state index contributed by atoms with van der Waals surface area (Å²) in [5.41, 5.74) is 0. The van der Waals surface area contributed by atoms with Crippen molar-refractivity contribution < 1.29 is 14.4 Å². The zero-order valence-electron chi connectivity index (χ0n) is 8.82. The Bertz CT molecular complexity index is 242. The standard InChI is InChI=1S/C9H16N2O3/c1-4-11-6-7(5-8(11)12)9(13)10(2)14-3/h7H,4-6H2,1-3H3. The Morgan fingerprint density at radius 2 is 2.36 bits per heavy atom. The maximum Gasteiger partial charge on any atom is 0.251 e.